The Bertz CT molecular complexity index is 777. The first-order valence-corrected chi connectivity index (χ1v) is 9.37. The number of rotatable bonds is 6. The first kappa shape index (κ1) is 18.5. The number of hydrogen-bond acceptors (Lipinski definition) is 3. The van der Waals surface area contributed by atoms with Crippen molar-refractivity contribution < 1.29 is 9.59 Å². The molecule has 26 heavy (non-hydrogen) atoms. The molecule has 2 aromatic rings. The molecule has 2 heterocycles. The Morgan fingerprint density at radius 3 is 2.88 bits per heavy atom. The predicted molar refractivity (Wildman–Crippen MR) is 104 cm³/mol. The number of nitrogens with one attached hydrogen (secondary N) is 3. The van der Waals surface area contributed by atoms with Crippen LogP contribution in [0.4, 0.5) is 5.69 Å². The number of likely N-dealkylation sites (N-methyl/N-ethyl adjacent to an activating group) is 1. The number of hydrogen-bond donors (Lipinski definition) is 3. The Kier molecular flexibility index (Phi) is 5.93. The molecule has 1 aliphatic rings. The quantitative estimate of drug-likeness (QED) is 0.744. The van der Waals surface area contributed by atoms with E-state index in [0.29, 0.717) is 18.3 Å². The Hall–Kier alpha value is -2.34. The summed E-state index contributed by atoms with van der Waals surface area (Å²) in [6.45, 7) is 4.52. The average Bonchev–Trinajstić information content (AvgIpc) is 3.04. The second-order valence-electron chi connectivity index (χ2n) is 7.23. The van der Waals surface area contributed by atoms with Crippen LogP contribution in [-0.2, 0) is 16.1 Å². The molecule has 3 N–H and O–H groups in total. The van der Waals surface area contributed by atoms with Crippen molar-refractivity contribution in [3.05, 3.63) is 30.5 Å². The number of aromatic nitrogens is 1. The van der Waals surface area contributed by atoms with Gasteiger partial charge in [-0.05, 0) is 61.4 Å². The average molecular weight is 356 g/mol. The zero-order valence-corrected chi connectivity index (χ0v) is 15.5. The van der Waals surface area contributed by atoms with Crippen LogP contribution >= 0.6 is 0 Å². The van der Waals surface area contributed by atoms with E-state index in [2.05, 4.69) is 22.9 Å². The van der Waals surface area contributed by atoms with E-state index in [0.717, 1.165) is 29.7 Å². The Morgan fingerprint density at radius 1 is 1.31 bits per heavy atom. The van der Waals surface area contributed by atoms with Crippen LogP contribution in [0.2, 0.25) is 0 Å². The van der Waals surface area contributed by atoms with Gasteiger partial charge in [-0.3, -0.25) is 9.59 Å². The summed E-state index contributed by atoms with van der Waals surface area (Å²) < 4.78 is 1.89. The van der Waals surface area contributed by atoms with E-state index in [-0.39, 0.29) is 18.4 Å². The van der Waals surface area contributed by atoms with Crippen molar-refractivity contribution in [2.24, 2.45) is 11.8 Å². The van der Waals surface area contributed by atoms with Gasteiger partial charge >= 0.3 is 0 Å². The molecule has 1 aromatic carbocycles. The molecule has 0 spiro atoms. The number of carbonyl (C=O) groups excluding carboxylic acids is 2. The standard InChI is InChI=1S/C20H28N4O2/c1-14(16-4-3-8-22-12-16)10-19(25)23-17-6-5-15-7-9-24(18(15)11-17)13-20(26)21-2/h5-7,9,11,14,16,22H,3-4,8,10,12-13H2,1-2H3,(H,21,26)(H,23,25). The lowest BCUT2D eigenvalue weighted by atomic mass is 9.85. The van der Waals surface area contributed by atoms with Gasteiger partial charge < -0.3 is 20.5 Å². The van der Waals surface area contributed by atoms with Gasteiger partial charge in [-0.1, -0.05) is 13.0 Å². The topological polar surface area (TPSA) is 75.2 Å². The van der Waals surface area contributed by atoms with Crippen molar-refractivity contribution in [2.45, 2.75) is 32.7 Å². The highest BCUT2D eigenvalue weighted by Gasteiger charge is 2.22. The summed E-state index contributed by atoms with van der Waals surface area (Å²) in [5.41, 5.74) is 1.71. The van der Waals surface area contributed by atoms with Crippen LogP contribution in [0.1, 0.15) is 26.2 Å². The van der Waals surface area contributed by atoms with Gasteiger partial charge in [0.05, 0.1) is 5.52 Å². The van der Waals surface area contributed by atoms with Gasteiger partial charge in [0.1, 0.15) is 6.54 Å². The van der Waals surface area contributed by atoms with Gasteiger partial charge in [0.2, 0.25) is 11.8 Å². The van der Waals surface area contributed by atoms with Crippen molar-refractivity contribution in [1.82, 2.24) is 15.2 Å². The molecule has 0 bridgehead atoms. The number of nitrogens with zero attached hydrogens (tertiary/aromatic N) is 1. The monoisotopic (exact) mass is 356 g/mol. The minimum absolute atomic E-state index is 0.0480. The van der Waals surface area contributed by atoms with Crippen molar-refractivity contribution in [3.8, 4) is 0 Å². The van der Waals surface area contributed by atoms with Crippen LogP contribution in [-0.4, -0.2) is 36.5 Å². The number of carbonyl (C=O) groups is 2. The number of benzene rings is 1. The summed E-state index contributed by atoms with van der Waals surface area (Å²) in [7, 11) is 1.63. The maximum absolute atomic E-state index is 12.4. The lowest BCUT2D eigenvalue weighted by Gasteiger charge is -2.28. The molecule has 140 valence electrons. The first-order chi connectivity index (χ1) is 12.6. The smallest absolute Gasteiger partial charge is 0.239 e. The molecule has 0 radical (unpaired) electrons. The zero-order valence-electron chi connectivity index (χ0n) is 15.5. The fourth-order valence-corrected chi connectivity index (χ4v) is 3.67. The van der Waals surface area contributed by atoms with E-state index in [1.165, 1.54) is 12.8 Å². The van der Waals surface area contributed by atoms with Crippen LogP contribution in [0.5, 0.6) is 0 Å². The normalized spacial score (nSPS) is 18.5. The molecule has 1 saturated heterocycles. The summed E-state index contributed by atoms with van der Waals surface area (Å²) in [6.07, 6.45) is 4.81. The van der Waals surface area contributed by atoms with Crippen molar-refractivity contribution >= 4 is 28.4 Å². The third kappa shape index (κ3) is 4.43. The van der Waals surface area contributed by atoms with Crippen LogP contribution in [0, 0.1) is 11.8 Å². The Balaban J connectivity index is 1.65. The Morgan fingerprint density at radius 2 is 2.15 bits per heavy atom. The SMILES string of the molecule is CNC(=O)Cn1ccc2ccc(NC(=O)CC(C)C3CCCNC3)cc21. The number of anilines is 1. The fourth-order valence-electron chi connectivity index (χ4n) is 3.67. The molecule has 6 nitrogen and oxygen atoms in total. The van der Waals surface area contributed by atoms with Crippen molar-refractivity contribution in [1.29, 1.82) is 0 Å². The molecule has 2 atom stereocenters. The molecule has 1 fully saturated rings. The molecule has 2 amide bonds. The number of amides is 2. The Labute approximate surface area is 154 Å². The summed E-state index contributed by atoms with van der Waals surface area (Å²) in [5.74, 6) is 0.934. The first-order valence-electron chi connectivity index (χ1n) is 9.37. The van der Waals surface area contributed by atoms with Crippen molar-refractivity contribution in [3.63, 3.8) is 0 Å². The van der Waals surface area contributed by atoms with Crippen LogP contribution < -0.4 is 16.0 Å². The van der Waals surface area contributed by atoms with Crippen LogP contribution in [0.3, 0.4) is 0 Å². The highest BCUT2D eigenvalue weighted by Crippen LogP contribution is 2.24. The van der Waals surface area contributed by atoms with Gasteiger partial charge in [-0.15, -0.1) is 0 Å². The predicted octanol–water partition coefficient (Wildman–Crippen LogP) is 2.35. The highest BCUT2D eigenvalue weighted by molar-refractivity contribution is 5.94. The van der Waals surface area contributed by atoms with Gasteiger partial charge in [0, 0.05) is 25.4 Å². The zero-order chi connectivity index (χ0) is 18.5. The molecular weight excluding hydrogens is 328 g/mol. The van der Waals surface area contributed by atoms with E-state index in [4.69, 9.17) is 0 Å². The fraction of sp³-hybridized carbons (Fsp3) is 0.500. The molecule has 1 aliphatic heterocycles. The molecule has 0 saturated carbocycles. The highest BCUT2D eigenvalue weighted by atomic mass is 16.2. The lowest BCUT2D eigenvalue weighted by molar-refractivity contribution is -0.121. The van der Waals surface area contributed by atoms with E-state index in [1.54, 1.807) is 7.05 Å². The van der Waals surface area contributed by atoms with Gasteiger partial charge in [-0.2, -0.15) is 0 Å². The van der Waals surface area contributed by atoms with Gasteiger partial charge in [0.15, 0.2) is 0 Å². The molecule has 2 unspecified atom stereocenters. The summed E-state index contributed by atoms with van der Waals surface area (Å²) >= 11 is 0. The largest absolute Gasteiger partial charge is 0.358 e. The second-order valence-corrected chi connectivity index (χ2v) is 7.23. The van der Waals surface area contributed by atoms with Crippen molar-refractivity contribution in [2.75, 3.05) is 25.5 Å². The maximum Gasteiger partial charge on any atom is 0.239 e. The van der Waals surface area contributed by atoms with Gasteiger partial charge in [0.25, 0.3) is 0 Å². The minimum atomic E-state index is -0.0492. The van der Waals surface area contributed by atoms with E-state index in [1.807, 2.05) is 35.0 Å². The summed E-state index contributed by atoms with van der Waals surface area (Å²) in [6, 6.07) is 7.79. The maximum atomic E-state index is 12.4. The molecule has 1 aromatic heterocycles. The minimum Gasteiger partial charge on any atom is -0.358 e. The lowest BCUT2D eigenvalue weighted by Crippen LogP contribution is -2.34. The molecule has 3 rings (SSSR count). The molecular formula is C20H28N4O2. The third-order valence-corrected chi connectivity index (χ3v) is 5.30. The number of fused-ring (bicyclic) bond motifs is 1. The van der Waals surface area contributed by atoms with E-state index >= 15 is 0 Å². The molecule has 6 heteroatoms. The van der Waals surface area contributed by atoms with Crippen LogP contribution in [0.25, 0.3) is 10.9 Å². The van der Waals surface area contributed by atoms with E-state index in [9.17, 15) is 9.59 Å². The van der Waals surface area contributed by atoms with E-state index < -0.39 is 0 Å². The van der Waals surface area contributed by atoms with Gasteiger partial charge in [-0.25, -0.2) is 0 Å². The second kappa shape index (κ2) is 8.36. The summed E-state index contributed by atoms with van der Waals surface area (Å²) in [5, 5.41) is 10.1. The van der Waals surface area contributed by atoms with Crippen LogP contribution in [0.15, 0.2) is 30.5 Å². The molecule has 0 aliphatic carbocycles. The number of piperidine rings is 1. The summed E-state index contributed by atoms with van der Waals surface area (Å²) in [4.78, 5) is 24.1. The third-order valence-electron chi connectivity index (χ3n) is 5.30.